The molecule has 3 aromatic rings. The Bertz CT molecular complexity index is 1770. The van der Waals surface area contributed by atoms with Crippen molar-refractivity contribution in [3.63, 3.8) is 0 Å². The number of carbonyl (C=O) groups is 4. The number of likely N-dealkylation sites (tertiary alicyclic amines) is 2. The number of phenolic OH excluding ortho intramolecular Hbond substituents is 2. The third-order valence-corrected chi connectivity index (χ3v) is 11.3. The van der Waals surface area contributed by atoms with Crippen molar-refractivity contribution in [1.29, 1.82) is 0 Å². The zero-order chi connectivity index (χ0) is 30.4. The molecule has 3 fully saturated rings. The molecule has 2 N–H and O–H groups in total. The number of aromatic hydroxyl groups is 2. The van der Waals surface area contributed by atoms with Gasteiger partial charge >= 0.3 is 0 Å². The van der Waals surface area contributed by atoms with E-state index in [0.717, 1.165) is 15.8 Å². The fraction of sp³-hybridized carbons (Fsp3) is 0.333. The number of benzene rings is 3. The number of imide groups is 2. The van der Waals surface area contributed by atoms with Crippen LogP contribution in [0.4, 0.5) is 0 Å². The number of allylic oxidation sites excluding steroid dienone is 2. The van der Waals surface area contributed by atoms with E-state index in [9.17, 15) is 29.4 Å². The second-order valence-electron chi connectivity index (χ2n) is 12.0. The van der Waals surface area contributed by atoms with Crippen molar-refractivity contribution in [3.05, 3.63) is 83.4 Å². The van der Waals surface area contributed by atoms with Crippen molar-refractivity contribution in [1.82, 2.24) is 9.80 Å². The SMILES string of the molecule is CN1C(=O)[C@]2(Cl)C[C@@H]3C(=CC[C@@H]4C(=O)N(CCc5ccc(O)cc5)C(=O)[C@@H]43)[C@H](c3ccc4ccccc4c3O)[C@]2(Cl)C1=O. The fourth-order valence-corrected chi connectivity index (χ4v) is 8.79. The van der Waals surface area contributed by atoms with E-state index in [1.807, 2.05) is 24.3 Å². The van der Waals surface area contributed by atoms with Crippen LogP contribution in [0.2, 0.25) is 0 Å². The molecule has 7 rings (SSSR count). The number of hydrogen-bond donors (Lipinski definition) is 2. The van der Waals surface area contributed by atoms with Gasteiger partial charge in [0.05, 0.1) is 11.8 Å². The molecule has 0 aromatic heterocycles. The van der Waals surface area contributed by atoms with Crippen LogP contribution in [-0.2, 0) is 25.6 Å². The molecule has 6 atom stereocenters. The highest BCUT2D eigenvalue weighted by atomic mass is 35.5. The number of carbonyl (C=O) groups excluding carboxylic acids is 4. The summed E-state index contributed by atoms with van der Waals surface area (Å²) < 4.78 is 0. The maximum absolute atomic E-state index is 14.0. The Morgan fingerprint density at radius 3 is 2.35 bits per heavy atom. The molecule has 0 spiro atoms. The molecule has 2 aliphatic carbocycles. The standard InChI is InChI=1S/C33H28Cl2N2O6/c1-36-30(42)32(34)16-24-21(26(33(32,35)31(36)43)23-11-8-18-4-2-3-5-20(18)27(23)39)12-13-22-25(24)29(41)37(28(22)40)15-14-17-6-9-19(38)10-7-17/h2-12,22,24-26,38-39H,13-16H2,1H3/t22-,24+,25-,26+,32+,33-/m0/s1. The minimum absolute atomic E-state index is 0.0787. The molecular formula is C33H28Cl2N2O6. The van der Waals surface area contributed by atoms with Gasteiger partial charge in [-0.25, -0.2) is 0 Å². The second kappa shape index (κ2) is 9.56. The normalized spacial score (nSPS) is 31.7. The van der Waals surface area contributed by atoms with Gasteiger partial charge in [-0.1, -0.05) is 60.2 Å². The maximum atomic E-state index is 14.0. The summed E-state index contributed by atoms with van der Waals surface area (Å²) in [5, 5.41) is 22.5. The second-order valence-corrected chi connectivity index (χ2v) is 13.2. The lowest BCUT2D eigenvalue weighted by Gasteiger charge is -2.50. The summed E-state index contributed by atoms with van der Waals surface area (Å²) in [7, 11) is 1.34. The van der Waals surface area contributed by atoms with Crippen molar-refractivity contribution in [2.45, 2.75) is 34.9 Å². The molecule has 10 heteroatoms. The first-order valence-corrected chi connectivity index (χ1v) is 15.0. The van der Waals surface area contributed by atoms with Gasteiger partial charge in [0.15, 0.2) is 9.75 Å². The largest absolute Gasteiger partial charge is 0.508 e. The Labute approximate surface area is 257 Å². The number of alkyl halides is 2. The Kier molecular flexibility index (Phi) is 6.21. The lowest BCUT2D eigenvalue weighted by molar-refractivity contribution is -0.141. The molecule has 0 bridgehead atoms. The predicted molar refractivity (Wildman–Crippen MR) is 160 cm³/mol. The molecule has 2 aliphatic heterocycles. The summed E-state index contributed by atoms with van der Waals surface area (Å²) in [6, 6.07) is 17.3. The lowest BCUT2D eigenvalue weighted by Crippen LogP contribution is -2.60. The van der Waals surface area contributed by atoms with Crippen LogP contribution in [0.1, 0.15) is 29.9 Å². The summed E-state index contributed by atoms with van der Waals surface area (Å²) in [5.41, 5.74) is 1.84. The lowest BCUT2D eigenvalue weighted by atomic mass is 9.56. The highest BCUT2D eigenvalue weighted by Gasteiger charge is 2.76. The minimum Gasteiger partial charge on any atom is -0.508 e. The first-order valence-electron chi connectivity index (χ1n) is 14.2. The molecule has 0 radical (unpaired) electrons. The first kappa shape index (κ1) is 27.9. The van der Waals surface area contributed by atoms with E-state index in [2.05, 4.69) is 0 Å². The molecule has 8 nitrogen and oxygen atoms in total. The van der Waals surface area contributed by atoms with Gasteiger partial charge in [-0.2, -0.15) is 0 Å². The maximum Gasteiger partial charge on any atom is 0.253 e. The van der Waals surface area contributed by atoms with Gasteiger partial charge in [-0.15, -0.1) is 23.2 Å². The molecule has 4 amide bonds. The van der Waals surface area contributed by atoms with Gasteiger partial charge in [-0.05, 0) is 48.3 Å². The van der Waals surface area contributed by atoms with Crippen LogP contribution in [-0.4, -0.2) is 67.0 Å². The molecule has 2 saturated heterocycles. The number of halogens is 2. The molecule has 4 aliphatic rings. The van der Waals surface area contributed by atoms with E-state index in [0.29, 0.717) is 22.9 Å². The average molecular weight is 620 g/mol. The number of fused-ring (bicyclic) bond motifs is 5. The number of amides is 4. The Hall–Kier alpha value is -3.88. The molecule has 1 saturated carbocycles. The van der Waals surface area contributed by atoms with E-state index >= 15 is 0 Å². The summed E-state index contributed by atoms with van der Waals surface area (Å²) in [4.78, 5) is 53.4. The van der Waals surface area contributed by atoms with Crippen LogP contribution in [0.3, 0.4) is 0 Å². The molecule has 220 valence electrons. The Morgan fingerprint density at radius 1 is 0.884 bits per heavy atom. The number of nitrogens with zero attached hydrogens (tertiary/aromatic N) is 2. The van der Waals surface area contributed by atoms with Crippen molar-refractivity contribution in [2.75, 3.05) is 13.6 Å². The van der Waals surface area contributed by atoms with Crippen LogP contribution in [0, 0.1) is 17.8 Å². The molecule has 43 heavy (non-hydrogen) atoms. The number of rotatable bonds is 4. The van der Waals surface area contributed by atoms with E-state index < -0.39 is 45.2 Å². The summed E-state index contributed by atoms with van der Waals surface area (Å²) >= 11 is 14.5. The topological polar surface area (TPSA) is 115 Å². The zero-order valence-electron chi connectivity index (χ0n) is 23.2. The van der Waals surface area contributed by atoms with Gasteiger partial charge in [0, 0.05) is 30.5 Å². The van der Waals surface area contributed by atoms with Crippen LogP contribution in [0.25, 0.3) is 10.8 Å². The monoisotopic (exact) mass is 618 g/mol. The summed E-state index contributed by atoms with van der Waals surface area (Å²) in [6.07, 6.45) is 2.42. The van der Waals surface area contributed by atoms with Crippen LogP contribution in [0.15, 0.2) is 72.3 Å². The van der Waals surface area contributed by atoms with E-state index in [1.54, 1.807) is 42.5 Å². The first-order chi connectivity index (χ1) is 20.5. The molecule has 0 unspecified atom stereocenters. The number of hydrogen-bond acceptors (Lipinski definition) is 6. The molecule has 3 aromatic carbocycles. The highest BCUT2D eigenvalue weighted by molar-refractivity contribution is 6.53. The van der Waals surface area contributed by atoms with Crippen molar-refractivity contribution in [3.8, 4) is 11.5 Å². The van der Waals surface area contributed by atoms with Crippen LogP contribution < -0.4 is 0 Å². The smallest absolute Gasteiger partial charge is 0.253 e. The fourth-order valence-electron chi connectivity index (χ4n) is 7.78. The van der Waals surface area contributed by atoms with E-state index in [-0.39, 0.29) is 42.7 Å². The Morgan fingerprint density at radius 2 is 1.60 bits per heavy atom. The summed E-state index contributed by atoms with van der Waals surface area (Å²) in [6.45, 7) is 0.165. The van der Waals surface area contributed by atoms with Crippen molar-refractivity contribution in [2.24, 2.45) is 17.8 Å². The van der Waals surface area contributed by atoms with E-state index in [1.165, 1.54) is 11.9 Å². The van der Waals surface area contributed by atoms with Crippen molar-refractivity contribution < 1.29 is 29.4 Å². The van der Waals surface area contributed by atoms with Gasteiger partial charge in [0.1, 0.15) is 11.5 Å². The van der Waals surface area contributed by atoms with Gasteiger partial charge in [0.25, 0.3) is 11.8 Å². The quantitative estimate of drug-likeness (QED) is 0.253. The van der Waals surface area contributed by atoms with E-state index in [4.69, 9.17) is 23.2 Å². The van der Waals surface area contributed by atoms with Gasteiger partial charge in [0.2, 0.25) is 11.8 Å². The minimum atomic E-state index is -1.96. The highest BCUT2D eigenvalue weighted by Crippen LogP contribution is 2.66. The average Bonchev–Trinajstić information content (AvgIpc) is 3.32. The molecular weight excluding hydrogens is 591 g/mol. The van der Waals surface area contributed by atoms with Gasteiger partial charge in [-0.3, -0.25) is 29.0 Å². The van der Waals surface area contributed by atoms with Crippen molar-refractivity contribution >= 4 is 57.6 Å². The molecule has 2 heterocycles. The Balaban J connectivity index is 1.32. The van der Waals surface area contributed by atoms with Gasteiger partial charge < -0.3 is 10.2 Å². The predicted octanol–water partition coefficient (Wildman–Crippen LogP) is 4.48. The zero-order valence-corrected chi connectivity index (χ0v) is 24.7. The van der Waals surface area contributed by atoms with Crippen LogP contribution in [0.5, 0.6) is 11.5 Å². The third kappa shape index (κ3) is 3.69. The third-order valence-electron chi connectivity index (χ3n) is 9.91. The summed E-state index contributed by atoms with van der Waals surface area (Å²) in [5.74, 6) is -5.03. The number of phenols is 2. The van der Waals surface area contributed by atoms with Crippen LogP contribution >= 0.6 is 23.2 Å².